The molecule has 1 fully saturated rings. The largest absolute Gasteiger partial charge is 0.490 e. The first-order chi connectivity index (χ1) is 24.6. The van der Waals surface area contributed by atoms with Gasteiger partial charge in [-0.3, -0.25) is 0 Å². The van der Waals surface area contributed by atoms with E-state index in [4.69, 9.17) is 18.9 Å². The van der Waals surface area contributed by atoms with Crippen molar-refractivity contribution < 1.29 is 18.9 Å². The van der Waals surface area contributed by atoms with Gasteiger partial charge >= 0.3 is 0 Å². The Bertz CT molecular complexity index is 1290. The van der Waals surface area contributed by atoms with Crippen molar-refractivity contribution in [3.8, 4) is 23.0 Å². The number of allylic oxidation sites excluding steroid dienone is 4. The van der Waals surface area contributed by atoms with Gasteiger partial charge in [0.25, 0.3) is 0 Å². The van der Waals surface area contributed by atoms with Gasteiger partial charge in [0, 0.05) is 0 Å². The van der Waals surface area contributed by atoms with Crippen LogP contribution in [0.1, 0.15) is 161 Å². The highest BCUT2D eigenvalue weighted by atomic mass is 16.5. The third-order valence-corrected chi connectivity index (χ3v) is 9.40. The Kier molecular flexibility index (Phi) is 20.6. The first-order valence-corrected chi connectivity index (χ1v) is 20.4. The average Bonchev–Trinajstić information content (AvgIpc) is 3.90. The van der Waals surface area contributed by atoms with Crippen molar-refractivity contribution in [2.45, 2.75) is 150 Å². The predicted molar refractivity (Wildman–Crippen MR) is 215 cm³/mol. The standard InChI is InChI=1S/C46H70O4/c1-6-11-13-15-17-19-34-49-44-36-39(24-26-42(44)47-32-9-4)22-23-41(21-8-3)38-46(30-31-46)29-28-40-25-27-43(48-33-10-5)45(37-40)50-35-20-18-16-14-12-7-2/h21-29,36-37H,6-20,30-35,38H2,1-5H3/b23-22+,29-28+,41-21-. The van der Waals surface area contributed by atoms with Crippen molar-refractivity contribution in [2.75, 3.05) is 26.4 Å². The molecule has 0 radical (unpaired) electrons. The first-order valence-electron chi connectivity index (χ1n) is 20.4. The lowest BCUT2D eigenvalue weighted by atomic mass is 9.93. The highest BCUT2D eigenvalue weighted by Gasteiger charge is 2.40. The van der Waals surface area contributed by atoms with E-state index in [1.54, 1.807) is 0 Å². The highest BCUT2D eigenvalue weighted by molar-refractivity contribution is 5.59. The van der Waals surface area contributed by atoms with Gasteiger partial charge in [0.1, 0.15) is 0 Å². The maximum absolute atomic E-state index is 6.29. The van der Waals surface area contributed by atoms with E-state index in [0.717, 1.165) is 80.3 Å². The third kappa shape index (κ3) is 16.3. The molecule has 4 heteroatoms. The predicted octanol–water partition coefficient (Wildman–Crippen LogP) is 14.0. The Morgan fingerprint density at radius 1 is 0.540 bits per heavy atom. The van der Waals surface area contributed by atoms with Crippen molar-refractivity contribution in [3.05, 3.63) is 71.3 Å². The molecule has 0 aliphatic heterocycles. The van der Waals surface area contributed by atoms with Crippen molar-refractivity contribution in [1.29, 1.82) is 0 Å². The number of hydrogen-bond acceptors (Lipinski definition) is 4. The molecule has 0 amide bonds. The molecule has 0 saturated heterocycles. The van der Waals surface area contributed by atoms with Crippen molar-refractivity contribution in [2.24, 2.45) is 5.41 Å². The molecule has 278 valence electrons. The lowest BCUT2D eigenvalue weighted by molar-refractivity contribution is 0.263. The van der Waals surface area contributed by atoms with Gasteiger partial charge in [0.15, 0.2) is 23.0 Å². The quantitative estimate of drug-likeness (QED) is 0.0630. The smallest absolute Gasteiger partial charge is 0.161 e. The molecule has 3 rings (SSSR count). The van der Waals surface area contributed by atoms with E-state index in [9.17, 15) is 0 Å². The molecule has 2 aromatic carbocycles. The van der Waals surface area contributed by atoms with E-state index in [-0.39, 0.29) is 5.41 Å². The van der Waals surface area contributed by atoms with E-state index in [2.05, 4.69) is 101 Å². The summed E-state index contributed by atoms with van der Waals surface area (Å²) >= 11 is 0. The summed E-state index contributed by atoms with van der Waals surface area (Å²) in [5, 5.41) is 0. The minimum absolute atomic E-state index is 0.214. The molecule has 4 nitrogen and oxygen atoms in total. The summed E-state index contributed by atoms with van der Waals surface area (Å²) in [4.78, 5) is 0. The first kappa shape index (κ1) is 41.3. The van der Waals surface area contributed by atoms with Gasteiger partial charge in [0.2, 0.25) is 0 Å². The Morgan fingerprint density at radius 3 is 1.50 bits per heavy atom. The third-order valence-electron chi connectivity index (χ3n) is 9.40. The Labute approximate surface area is 306 Å². The van der Waals surface area contributed by atoms with Crippen molar-refractivity contribution in [3.63, 3.8) is 0 Å². The van der Waals surface area contributed by atoms with Gasteiger partial charge in [-0.25, -0.2) is 0 Å². The van der Waals surface area contributed by atoms with Crippen LogP contribution in [-0.2, 0) is 0 Å². The Balaban J connectivity index is 1.64. The second kappa shape index (κ2) is 24.9. The van der Waals surface area contributed by atoms with Crippen LogP contribution >= 0.6 is 0 Å². The molecule has 1 aliphatic rings. The minimum atomic E-state index is 0.214. The van der Waals surface area contributed by atoms with E-state index >= 15 is 0 Å². The molecule has 2 aromatic rings. The molecule has 1 aliphatic carbocycles. The normalized spacial score (nSPS) is 14.1. The molecular weight excluding hydrogens is 617 g/mol. The molecule has 0 aromatic heterocycles. The van der Waals surface area contributed by atoms with Crippen molar-refractivity contribution >= 4 is 12.2 Å². The molecule has 0 unspecified atom stereocenters. The molecule has 1 saturated carbocycles. The average molecular weight is 687 g/mol. The topological polar surface area (TPSA) is 36.9 Å². The summed E-state index contributed by atoms with van der Waals surface area (Å²) in [5.41, 5.74) is 3.93. The van der Waals surface area contributed by atoms with Crippen LogP contribution in [0, 0.1) is 5.41 Å². The number of benzene rings is 2. The zero-order valence-corrected chi connectivity index (χ0v) is 32.5. The number of ether oxygens (including phenoxy) is 4. The number of rotatable bonds is 29. The Morgan fingerprint density at radius 2 is 1.02 bits per heavy atom. The summed E-state index contributed by atoms with van der Waals surface area (Å²) < 4.78 is 24.7. The summed E-state index contributed by atoms with van der Waals surface area (Å²) in [6.45, 7) is 13.9. The van der Waals surface area contributed by atoms with Crippen molar-refractivity contribution in [1.82, 2.24) is 0 Å². The van der Waals surface area contributed by atoms with E-state index in [1.165, 1.54) is 88.2 Å². The maximum atomic E-state index is 6.29. The summed E-state index contributed by atoms with van der Waals surface area (Å²) in [5.74, 6) is 3.44. The fourth-order valence-electron chi connectivity index (χ4n) is 6.18. The minimum Gasteiger partial charge on any atom is -0.490 e. The van der Waals surface area contributed by atoms with Crippen LogP contribution in [0.2, 0.25) is 0 Å². The van der Waals surface area contributed by atoms with Gasteiger partial charge < -0.3 is 18.9 Å². The second-order valence-corrected chi connectivity index (χ2v) is 14.2. The molecule has 0 N–H and O–H groups in total. The van der Waals surface area contributed by atoms with Gasteiger partial charge in [-0.05, 0) is 92.2 Å². The zero-order valence-electron chi connectivity index (χ0n) is 32.5. The number of hydrogen-bond donors (Lipinski definition) is 0. The van der Waals surface area contributed by atoms with Crippen LogP contribution in [0.4, 0.5) is 0 Å². The summed E-state index contributed by atoms with van der Waals surface area (Å²) in [7, 11) is 0. The van der Waals surface area contributed by atoms with Gasteiger partial charge in [-0.15, -0.1) is 0 Å². The van der Waals surface area contributed by atoms with Crippen LogP contribution in [0.5, 0.6) is 23.0 Å². The van der Waals surface area contributed by atoms with Crippen LogP contribution in [0.3, 0.4) is 0 Å². The summed E-state index contributed by atoms with van der Waals surface area (Å²) in [6, 6.07) is 12.8. The second-order valence-electron chi connectivity index (χ2n) is 14.2. The van der Waals surface area contributed by atoms with Crippen LogP contribution in [-0.4, -0.2) is 26.4 Å². The molecule has 50 heavy (non-hydrogen) atoms. The molecule has 0 bridgehead atoms. The maximum Gasteiger partial charge on any atom is 0.161 e. The Hall–Kier alpha value is -3.14. The van der Waals surface area contributed by atoms with Gasteiger partial charge in [0.05, 0.1) is 26.4 Å². The molecule has 0 spiro atoms. The fraction of sp³-hybridized carbons (Fsp3) is 0.609. The molecule has 0 heterocycles. The zero-order chi connectivity index (χ0) is 35.7. The van der Waals surface area contributed by atoms with Gasteiger partial charge in [-0.1, -0.05) is 147 Å². The van der Waals surface area contributed by atoms with Crippen LogP contribution < -0.4 is 18.9 Å². The van der Waals surface area contributed by atoms with E-state index in [0.29, 0.717) is 13.2 Å². The fourth-order valence-corrected chi connectivity index (χ4v) is 6.18. The SMILES string of the molecule is CC/C=C(/C=C/c1ccc(OCCC)c(OCCCCCCCC)c1)CC1(/C=C/c2ccc(OCCC)c(OCCCCCCCC)c2)CC1. The van der Waals surface area contributed by atoms with Crippen LogP contribution in [0.25, 0.3) is 12.2 Å². The summed E-state index contributed by atoms with van der Waals surface area (Å²) in [6.07, 6.45) is 33.2. The van der Waals surface area contributed by atoms with E-state index < -0.39 is 0 Å². The van der Waals surface area contributed by atoms with Gasteiger partial charge in [-0.2, -0.15) is 0 Å². The molecular formula is C46H70O4. The molecule has 0 atom stereocenters. The number of unbranched alkanes of at least 4 members (excludes halogenated alkanes) is 10. The lowest BCUT2D eigenvalue weighted by Crippen LogP contribution is -2.02. The monoisotopic (exact) mass is 687 g/mol. The highest BCUT2D eigenvalue weighted by Crippen LogP contribution is 2.52. The lowest BCUT2D eigenvalue weighted by Gasteiger charge is -2.14. The van der Waals surface area contributed by atoms with Crippen LogP contribution in [0.15, 0.2) is 60.2 Å². The van der Waals surface area contributed by atoms with E-state index in [1.807, 2.05) is 0 Å².